The summed E-state index contributed by atoms with van der Waals surface area (Å²) in [7, 11) is 4.21. The van der Waals surface area contributed by atoms with Gasteiger partial charge in [0.25, 0.3) is 0 Å². The van der Waals surface area contributed by atoms with Crippen molar-refractivity contribution in [3.8, 4) is 5.75 Å². The molecule has 0 fully saturated rings. The van der Waals surface area contributed by atoms with Crippen LogP contribution in [0.4, 0.5) is 0 Å². The van der Waals surface area contributed by atoms with Crippen LogP contribution in [0, 0.1) is 5.41 Å². The van der Waals surface area contributed by atoms with E-state index < -0.39 is 0 Å². The Bertz CT molecular complexity index is 512. The van der Waals surface area contributed by atoms with Crippen LogP contribution < -0.4 is 15.4 Å². The van der Waals surface area contributed by atoms with Gasteiger partial charge in [-0.15, -0.1) is 0 Å². The van der Waals surface area contributed by atoms with Crippen LogP contribution in [-0.2, 0) is 6.54 Å². The second-order valence-corrected chi connectivity index (χ2v) is 6.99. The van der Waals surface area contributed by atoms with Crippen LogP contribution in [0.1, 0.15) is 33.3 Å². The molecule has 5 nitrogen and oxygen atoms in total. The summed E-state index contributed by atoms with van der Waals surface area (Å²) in [5.41, 5.74) is 1.27. The molecule has 0 amide bonds. The number of nitrogens with one attached hydrogen (secondary N) is 2. The van der Waals surface area contributed by atoms with Gasteiger partial charge in [-0.3, -0.25) is 0 Å². The number of hydrogen-bond acceptors (Lipinski definition) is 3. The van der Waals surface area contributed by atoms with Gasteiger partial charge in [-0.2, -0.15) is 0 Å². The number of benzene rings is 1. The van der Waals surface area contributed by atoms with Crippen LogP contribution >= 0.6 is 0 Å². The van der Waals surface area contributed by atoms with Crippen molar-refractivity contribution in [1.29, 1.82) is 0 Å². The summed E-state index contributed by atoms with van der Waals surface area (Å²) in [5, 5.41) is 6.77. The van der Waals surface area contributed by atoms with E-state index >= 15 is 0 Å². The molecule has 1 rings (SSSR count). The van der Waals surface area contributed by atoms with E-state index in [1.54, 1.807) is 0 Å². The van der Waals surface area contributed by atoms with Gasteiger partial charge in [0.1, 0.15) is 5.75 Å². The SMILES string of the molecule is CCNC(=NCc1ccccc1OCC)NCC(C)(C)CN(C)C. The van der Waals surface area contributed by atoms with Gasteiger partial charge in [-0.1, -0.05) is 32.0 Å². The first kappa shape index (κ1) is 20.3. The number of guanidine groups is 1. The Morgan fingerprint density at radius 3 is 2.50 bits per heavy atom. The Balaban J connectivity index is 2.72. The summed E-state index contributed by atoms with van der Waals surface area (Å²) in [6.07, 6.45) is 0. The van der Waals surface area contributed by atoms with Crippen molar-refractivity contribution in [3.63, 3.8) is 0 Å². The summed E-state index contributed by atoms with van der Waals surface area (Å²) < 4.78 is 5.67. The molecule has 0 saturated carbocycles. The molecule has 2 N–H and O–H groups in total. The van der Waals surface area contributed by atoms with E-state index in [9.17, 15) is 0 Å². The van der Waals surface area contributed by atoms with Gasteiger partial charge in [-0.05, 0) is 39.4 Å². The maximum atomic E-state index is 5.67. The monoisotopic (exact) mass is 334 g/mol. The molecule has 1 aromatic rings. The maximum Gasteiger partial charge on any atom is 0.191 e. The van der Waals surface area contributed by atoms with Crippen LogP contribution in [0.5, 0.6) is 5.75 Å². The predicted octanol–water partition coefficient (Wildman–Crippen LogP) is 2.73. The highest BCUT2D eigenvalue weighted by Crippen LogP contribution is 2.19. The van der Waals surface area contributed by atoms with Crippen molar-refractivity contribution in [2.24, 2.45) is 10.4 Å². The molecule has 136 valence electrons. The Labute approximate surface area is 147 Å². The van der Waals surface area contributed by atoms with E-state index in [0.29, 0.717) is 13.2 Å². The van der Waals surface area contributed by atoms with E-state index in [2.05, 4.69) is 56.5 Å². The lowest BCUT2D eigenvalue weighted by Crippen LogP contribution is -2.44. The maximum absolute atomic E-state index is 5.67. The first-order valence-corrected chi connectivity index (χ1v) is 8.75. The average Bonchev–Trinajstić information content (AvgIpc) is 2.50. The average molecular weight is 335 g/mol. The van der Waals surface area contributed by atoms with Crippen molar-refractivity contribution in [3.05, 3.63) is 29.8 Å². The summed E-state index contributed by atoms with van der Waals surface area (Å²) in [6, 6.07) is 8.07. The van der Waals surface area contributed by atoms with Crippen molar-refractivity contribution in [2.75, 3.05) is 40.3 Å². The fourth-order valence-corrected chi connectivity index (χ4v) is 2.67. The van der Waals surface area contributed by atoms with Gasteiger partial charge < -0.3 is 20.3 Å². The molecule has 0 saturated heterocycles. The van der Waals surface area contributed by atoms with Crippen LogP contribution in [0.15, 0.2) is 29.3 Å². The molecule has 0 spiro atoms. The molecule has 0 aromatic heterocycles. The van der Waals surface area contributed by atoms with Crippen LogP contribution in [0.2, 0.25) is 0 Å². The molecule has 0 aliphatic rings. The normalized spacial score (nSPS) is 12.4. The highest BCUT2D eigenvalue weighted by Gasteiger charge is 2.19. The molecule has 0 radical (unpaired) electrons. The standard InChI is InChI=1S/C19H34N4O/c1-7-20-18(22-14-19(3,4)15-23(5)6)21-13-16-11-9-10-12-17(16)24-8-2/h9-12H,7-8,13-15H2,1-6H3,(H2,20,21,22). The molecule has 5 heteroatoms. The summed E-state index contributed by atoms with van der Waals surface area (Å²) in [6.45, 7) is 12.6. The fourth-order valence-electron chi connectivity index (χ4n) is 2.67. The molecule has 1 aromatic carbocycles. The van der Waals surface area contributed by atoms with Crippen molar-refractivity contribution in [1.82, 2.24) is 15.5 Å². The molecule has 0 aliphatic carbocycles. The van der Waals surface area contributed by atoms with E-state index in [1.165, 1.54) is 0 Å². The largest absolute Gasteiger partial charge is 0.494 e. The van der Waals surface area contributed by atoms with Crippen molar-refractivity contribution < 1.29 is 4.74 Å². The number of rotatable bonds is 9. The smallest absolute Gasteiger partial charge is 0.191 e. The first-order valence-electron chi connectivity index (χ1n) is 8.75. The Hall–Kier alpha value is -1.75. The topological polar surface area (TPSA) is 48.9 Å². The number of para-hydroxylation sites is 1. The molecular weight excluding hydrogens is 300 g/mol. The zero-order valence-electron chi connectivity index (χ0n) is 16.1. The van der Waals surface area contributed by atoms with Gasteiger partial charge in [-0.25, -0.2) is 4.99 Å². The van der Waals surface area contributed by atoms with Crippen LogP contribution in [0.3, 0.4) is 0 Å². The lowest BCUT2D eigenvalue weighted by molar-refractivity contribution is 0.241. The third kappa shape index (κ3) is 7.68. The van der Waals surface area contributed by atoms with Crippen molar-refractivity contribution >= 4 is 5.96 Å². The predicted molar refractivity (Wildman–Crippen MR) is 103 cm³/mol. The number of hydrogen-bond donors (Lipinski definition) is 2. The van der Waals surface area contributed by atoms with Crippen LogP contribution in [-0.4, -0.2) is 51.2 Å². The number of ether oxygens (including phenoxy) is 1. The second-order valence-electron chi connectivity index (χ2n) is 6.99. The quantitative estimate of drug-likeness (QED) is 0.538. The zero-order valence-corrected chi connectivity index (χ0v) is 16.1. The molecule has 0 bridgehead atoms. The fraction of sp³-hybridized carbons (Fsp3) is 0.632. The van der Waals surface area contributed by atoms with E-state index in [-0.39, 0.29) is 5.41 Å². The van der Waals surface area contributed by atoms with E-state index in [1.807, 2.05) is 25.1 Å². The molecule has 0 unspecified atom stereocenters. The summed E-state index contributed by atoms with van der Waals surface area (Å²) in [5.74, 6) is 1.75. The highest BCUT2D eigenvalue weighted by atomic mass is 16.5. The highest BCUT2D eigenvalue weighted by molar-refractivity contribution is 5.79. The molecule has 0 heterocycles. The van der Waals surface area contributed by atoms with E-state index in [4.69, 9.17) is 9.73 Å². The molecular formula is C19H34N4O. The first-order chi connectivity index (χ1) is 11.4. The summed E-state index contributed by atoms with van der Waals surface area (Å²) >= 11 is 0. The Morgan fingerprint density at radius 1 is 1.17 bits per heavy atom. The summed E-state index contributed by atoms with van der Waals surface area (Å²) in [4.78, 5) is 6.92. The molecule has 24 heavy (non-hydrogen) atoms. The van der Waals surface area contributed by atoms with Crippen LogP contribution in [0.25, 0.3) is 0 Å². The third-order valence-corrected chi connectivity index (χ3v) is 3.50. The molecule has 0 atom stereocenters. The minimum atomic E-state index is 0.170. The Morgan fingerprint density at radius 2 is 1.88 bits per heavy atom. The van der Waals surface area contributed by atoms with Gasteiger partial charge in [0.15, 0.2) is 5.96 Å². The zero-order chi connectivity index (χ0) is 18.0. The minimum Gasteiger partial charge on any atom is -0.494 e. The van der Waals surface area contributed by atoms with Gasteiger partial charge in [0.2, 0.25) is 0 Å². The lowest BCUT2D eigenvalue weighted by atomic mass is 9.93. The Kier molecular flexibility index (Phi) is 8.61. The third-order valence-electron chi connectivity index (χ3n) is 3.50. The van der Waals surface area contributed by atoms with Gasteiger partial charge in [0.05, 0.1) is 13.2 Å². The number of aliphatic imine (C=N–C) groups is 1. The molecule has 0 aliphatic heterocycles. The number of nitrogens with zero attached hydrogens (tertiary/aromatic N) is 2. The van der Waals surface area contributed by atoms with Gasteiger partial charge >= 0.3 is 0 Å². The minimum absolute atomic E-state index is 0.170. The van der Waals surface area contributed by atoms with Gasteiger partial charge in [0, 0.05) is 25.2 Å². The van der Waals surface area contributed by atoms with E-state index in [0.717, 1.165) is 36.9 Å². The second kappa shape index (κ2) is 10.2. The lowest BCUT2D eigenvalue weighted by Gasteiger charge is -2.29. The van der Waals surface area contributed by atoms with Crippen molar-refractivity contribution in [2.45, 2.75) is 34.2 Å².